The number of anilines is 1. The molecular weight excluding hydrogens is 366 g/mol. The van der Waals surface area contributed by atoms with Gasteiger partial charge in [0.2, 0.25) is 5.91 Å². The van der Waals surface area contributed by atoms with Gasteiger partial charge in [0.05, 0.1) is 7.11 Å². The first kappa shape index (κ1) is 20.7. The summed E-state index contributed by atoms with van der Waals surface area (Å²) in [5.41, 5.74) is 3.02. The molecule has 1 heterocycles. The van der Waals surface area contributed by atoms with Crippen LogP contribution in [-0.4, -0.2) is 36.2 Å². The second-order valence-electron chi connectivity index (χ2n) is 7.13. The van der Waals surface area contributed by atoms with E-state index in [1.807, 2.05) is 36.5 Å². The normalized spacial score (nSPS) is 10.9. The summed E-state index contributed by atoms with van der Waals surface area (Å²) in [5, 5.41) is 17.1. The topological polar surface area (TPSA) is 86.4 Å². The van der Waals surface area contributed by atoms with Crippen LogP contribution in [0.15, 0.2) is 48.7 Å². The van der Waals surface area contributed by atoms with E-state index in [2.05, 4.69) is 15.6 Å². The summed E-state index contributed by atoms with van der Waals surface area (Å²) in [4.78, 5) is 15.3. The van der Waals surface area contributed by atoms with E-state index in [9.17, 15) is 9.90 Å². The van der Waals surface area contributed by atoms with Gasteiger partial charge < -0.3 is 25.5 Å². The molecule has 0 aliphatic carbocycles. The summed E-state index contributed by atoms with van der Waals surface area (Å²) in [6, 6.07) is 12.8. The van der Waals surface area contributed by atoms with Crippen LogP contribution >= 0.6 is 0 Å². The zero-order chi connectivity index (χ0) is 20.5. The Bertz CT molecular complexity index is 936. The number of phenolic OH excluding ortho intramolecular Hbond substituents is 1. The molecule has 0 fully saturated rings. The molecule has 3 aromatic rings. The van der Waals surface area contributed by atoms with Crippen LogP contribution in [0.25, 0.3) is 10.9 Å². The number of ether oxygens (including phenoxy) is 1. The Kier molecular flexibility index (Phi) is 7.53. The molecule has 1 aromatic heterocycles. The third-order valence-corrected chi connectivity index (χ3v) is 4.93. The van der Waals surface area contributed by atoms with E-state index in [0.717, 1.165) is 61.1 Å². The number of phenols is 1. The predicted molar refractivity (Wildman–Crippen MR) is 117 cm³/mol. The van der Waals surface area contributed by atoms with Crippen molar-refractivity contribution in [2.45, 2.75) is 32.1 Å². The zero-order valence-electron chi connectivity index (χ0n) is 16.8. The summed E-state index contributed by atoms with van der Waals surface area (Å²) < 4.78 is 5.16. The van der Waals surface area contributed by atoms with E-state index in [0.29, 0.717) is 12.2 Å². The maximum atomic E-state index is 12.0. The summed E-state index contributed by atoms with van der Waals surface area (Å²) >= 11 is 0. The Morgan fingerprint density at radius 2 is 2.00 bits per heavy atom. The minimum absolute atomic E-state index is 0.0359. The average Bonchev–Trinajstić information content (AvgIpc) is 3.12. The minimum Gasteiger partial charge on any atom is -0.508 e. The number of H-pyrrole nitrogens is 1. The summed E-state index contributed by atoms with van der Waals surface area (Å²) in [5.74, 6) is 1.06. The van der Waals surface area contributed by atoms with Crippen molar-refractivity contribution in [1.29, 1.82) is 0 Å². The first-order valence-corrected chi connectivity index (χ1v) is 10.1. The van der Waals surface area contributed by atoms with E-state index in [1.165, 1.54) is 5.56 Å². The molecule has 1 amide bonds. The van der Waals surface area contributed by atoms with Gasteiger partial charge in [-0.15, -0.1) is 0 Å². The van der Waals surface area contributed by atoms with E-state index in [-0.39, 0.29) is 5.91 Å². The molecule has 0 unspecified atom stereocenters. The van der Waals surface area contributed by atoms with Crippen LogP contribution in [0.1, 0.15) is 31.2 Å². The summed E-state index contributed by atoms with van der Waals surface area (Å²) in [6.07, 6.45) is 6.37. The number of unbranched alkanes of at least 4 members (excludes halogenated alkanes) is 2. The Labute approximate surface area is 171 Å². The van der Waals surface area contributed by atoms with Crippen molar-refractivity contribution < 1.29 is 14.6 Å². The fourth-order valence-electron chi connectivity index (χ4n) is 3.36. The molecule has 0 spiro atoms. The van der Waals surface area contributed by atoms with E-state index < -0.39 is 0 Å². The molecule has 0 saturated heterocycles. The highest BCUT2D eigenvalue weighted by atomic mass is 16.5. The van der Waals surface area contributed by atoms with Gasteiger partial charge >= 0.3 is 0 Å². The predicted octanol–water partition coefficient (Wildman–Crippen LogP) is 4.21. The van der Waals surface area contributed by atoms with Crippen LogP contribution in [-0.2, 0) is 11.2 Å². The summed E-state index contributed by atoms with van der Waals surface area (Å²) in [7, 11) is 1.61. The zero-order valence-corrected chi connectivity index (χ0v) is 16.8. The molecule has 29 heavy (non-hydrogen) atoms. The standard InChI is InChI=1S/C23H29N3O3/c1-29-20-7-5-6-18(14-20)26-23(28)8-3-2-4-12-24-13-11-17-16-25-22-10-9-19(27)15-21(17)22/h5-7,9-10,14-16,24-25,27H,2-4,8,11-13H2,1H3,(H,26,28). The molecule has 0 bridgehead atoms. The van der Waals surface area contributed by atoms with Gasteiger partial charge in [0.1, 0.15) is 11.5 Å². The van der Waals surface area contributed by atoms with Crippen molar-refractivity contribution in [3.8, 4) is 11.5 Å². The summed E-state index contributed by atoms with van der Waals surface area (Å²) in [6.45, 7) is 1.82. The van der Waals surface area contributed by atoms with Gasteiger partial charge in [-0.05, 0) is 68.2 Å². The fourth-order valence-corrected chi connectivity index (χ4v) is 3.36. The second-order valence-corrected chi connectivity index (χ2v) is 7.13. The molecule has 154 valence electrons. The molecule has 0 aliphatic rings. The number of aromatic amines is 1. The van der Waals surface area contributed by atoms with Crippen LogP contribution in [0.2, 0.25) is 0 Å². The van der Waals surface area contributed by atoms with Crippen LogP contribution in [0.4, 0.5) is 5.69 Å². The molecule has 3 rings (SSSR count). The monoisotopic (exact) mass is 395 g/mol. The number of fused-ring (bicyclic) bond motifs is 1. The second kappa shape index (κ2) is 10.5. The maximum Gasteiger partial charge on any atom is 0.224 e. The van der Waals surface area contributed by atoms with Crippen LogP contribution in [0.3, 0.4) is 0 Å². The number of methoxy groups -OCH3 is 1. The Balaban J connectivity index is 1.26. The van der Waals surface area contributed by atoms with Gasteiger partial charge in [-0.1, -0.05) is 12.5 Å². The maximum absolute atomic E-state index is 12.0. The number of rotatable bonds is 11. The minimum atomic E-state index is 0.0359. The molecular formula is C23H29N3O3. The average molecular weight is 396 g/mol. The Morgan fingerprint density at radius 1 is 1.10 bits per heavy atom. The van der Waals surface area contributed by atoms with Crippen LogP contribution < -0.4 is 15.4 Å². The number of hydrogen-bond donors (Lipinski definition) is 4. The Hall–Kier alpha value is -2.99. The number of amides is 1. The van der Waals surface area contributed by atoms with Crippen LogP contribution in [0.5, 0.6) is 11.5 Å². The van der Waals surface area contributed by atoms with Gasteiger partial charge in [-0.25, -0.2) is 0 Å². The molecule has 4 N–H and O–H groups in total. The lowest BCUT2D eigenvalue weighted by molar-refractivity contribution is -0.116. The third-order valence-electron chi connectivity index (χ3n) is 4.93. The van der Waals surface area contributed by atoms with Crippen molar-refractivity contribution in [2.75, 3.05) is 25.5 Å². The third kappa shape index (κ3) is 6.26. The lowest BCUT2D eigenvalue weighted by Gasteiger charge is -2.07. The lowest BCUT2D eigenvalue weighted by atomic mass is 10.1. The number of carbonyl (C=O) groups is 1. The first-order chi connectivity index (χ1) is 14.2. The van der Waals surface area contributed by atoms with Crippen molar-refractivity contribution in [2.24, 2.45) is 0 Å². The number of aromatic hydroxyl groups is 1. The molecule has 0 radical (unpaired) electrons. The fraction of sp³-hybridized carbons (Fsp3) is 0.348. The number of aromatic nitrogens is 1. The van der Waals surface area contributed by atoms with Crippen LogP contribution in [0, 0.1) is 0 Å². The largest absolute Gasteiger partial charge is 0.508 e. The number of nitrogens with one attached hydrogen (secondary N) is 3. The molecule has 0 atom stereocenters. The van der Waals surface area contributed by atoms with Gasteiger partial charge in [0.25, 0.3) is 0 Å². The van der Waals surface area contributed by atoms with Gasteiger partial charge in [-0.3, -0.25) is 4.79 Å². The first-order valence-electron chi connectivity index (χ1n) is 10.1. The molecule has 6 heteroatoms. The highest BCUT2D eigenvalue weighted by Crippen LogP contribution is 2.23. The molecule has 6 nitrogen and oxygen atoms in total. The highest BCUT2D eigenvalue weighted by molar-refractivity contribution is 5.90. The number of benzene rings is 2. The van der Waals surface area contributed by atoms with E-state index in [4.69, 9.17) is 4.74 Å². The van der Waals surface area contributed by atoms with Crippen molar-refractivity contribution in [3.63, 3.8) is 0 Å². The Morgan fingerprint density at radius 3 is 2.86 bits per heavy atom. The lowest BCUT2D eigenvalue weighted by Crippen LogP contribution is -2.18. The molecule has 2 aromatic carbocycles. The van der Waals surface area contributed by atoms with E-state index in [1.54, 1.807) is 19.2 Å². The van der Waals surface area contributed by atoms with Gasteiger partial charge in [0.15, 0.2) is 0 Å². The quantitative estimate of drug-likeness (QED) is 0.366. The van der Waals surface area contributed by atoms with Crippen molar-refractivity contribution in [3.05, 3.63) is 54.2 Å². The molecule has 0 saturated carbocycles. The van der Waals surface area contributed by atoms with Gasteiger partial charge in [0, 0.05) is 35.3 Å². The number of carbonyl (C=O) groups excluding carboxylic acids is 1. The van der Waals surface area contributed by atoms with E-state index >= 15 is 0 Å². The van der Waals surface area contributed by atoms with Crippen molar-refractivity contribution in [1.82, 2.24) is 10.3 Å². The van der Waals surface area contributed by atoms with Crippen molar-refractivity contribution >= 4 is 22.5 Å². The number of hydrogen-bond acceptors (Lipinski definition) is 4. The highest BCUT2D eigenvalue weighted by Gasteiger charge is 2.05. The SMILES string of the molecule is COc1cccc(NC(=O)CCCCCNCCc2c[nH]c3ccc(O)cc23)c1. The smallest absolute Gasteiger partial charge is 0.224 e. The molecule has 0 aliphatic heterocycles. The van der Waals surface area contributed by atoms with Gasteiger partial charge in [-0.2, -0.15) is 0 Å².